The molecule has 1 aliphatic rings. The van der Waals surface area contributed by atoms with Crippen molar-refractivity contribution in [3.8, 4) is 0 Å². The minimum absolute atomic E-state index is 0.0393. The molecule has 1 aliphatic heterocycles. The molecule has 0 radical (unpaired) electrons. The Morgan fingerprint density at radius 1 is 1.42 bits per heavy atom. The third kappa shape index (κ3) is 5.07. The van der Waals surface area contributed by atoms with Gasteiger partial charge in [-0.05, 0) is 32.0 Å². The molecule has 10 heteroatoms. The second kappa shape index (κ2) is 8.35. The van der Waals surface area contributed by atoms with Crippen molar-refractivity contribution in [2.45, 2.75) is 31.5 Å². The van der Waals surface area contributed by atoms with Crippen LogP contribution in [-0.2, 0) is 11.0 Å². The van der Waals surface area contributed by atoms with Gasteiger partial charge in [0.2, 0.25) is 5.91 Å². The smallest absolute Gasteiger partial charge is 0.379 e. The summed E-state index contributed by atoms with van der Waals surface area (Å²) in [6, 6.07) is 2.53. The van der Waals surface area contributed by atoms with E-state index in [1.54, 1.807) is 4.90 Å². The average molecular weight is 374 g/mol. The van der Waals surface area contributed by atoms with Crippen LogP contribution in [0.1, 0.15) is 24.8 Å². The van der Waals surface area contributed by atoms with Crippen LogP contribution in [-0.4, -0.2) is 48.5 Å². The molecule has 2 N–H and O–H groups in total. The van der Waals surface area contributed by atoms with Gasteiger partial charge in [0.25, 0.3) is 5.69 Å². The number of nitro benzene ring substituents is 1. The lowest BCUT2D eigenvalue weighted by molar-refractivity contribution is -0.384. The monoisotopic (exact) mass is 374 g/mol. The summed E-state index contributed by atoms with van der Waals surface area (Å²) in [5.74, 6) is -0.0907. The highest BCUT2D eigenvalue weighted by Crippen LogP contribution is 2.34. The molecule has 0 aliphatic carbocycles. The summed E-state index contributed by atoms with van der Waals surface area (Å²) in [5.41, 5.74) is -1.79. The van der Waals surface area contributed by atoms with Gasteiger partial charge in [-0.1, -0.05) is 0 Å². The number of carbonyl (C=O) groups excluding carboxylic acids is 1. The highest BCUT2D eigenvalue weighted by Gasteiger charge is 2.33. The number of hydrogen-bond acceptors (Lipinski definition) is 5. The molecule has 1 aromatic carbocycles. The van der Waals surface area contributed by atoms with Gasteiger partial charge in [0.1, 0.15) is 5.69 Å². The summed E-state index contributed by atoms with van der Waals surface area (Å²) >= 11 is 0. The van der Waals surface area contributed by atoms with Crippen LogP contribution in [0.25, 0.3) is 0 Å². The fourth-order valence-corrected chi connectivity index (χ4v) is 2.91. The molecule has 26 heavy (non-hydrogen) atoms. The Morgan fingerprint density at radius 2 is 2.15 bits per heavy atom. The summed E-state index contributed by atoms with van der Waals surface area (Å²) in [6.45, 7) is 1.37. The van der Waals surface area contributed by atoms with Gasteiger partial charge in [-0.15, -0.1) is 0 Å². The van der Waals surface area contributed by atoms with Crippen LogP contribution in [0.15, 0.2) is 18.2 Å². The van der Waals surface area contributed by atoms with Crippen molar-refractivity contribution in [2.75, 3.05) is 32.0 Å². The minimum atomic E-state index is -4.66. The average Bonchev–Trinajstić information content (AvgIpc) is 2.60. The van der Waals surface area contributed by atoms with E-state index in [0.29, 0.717) is 19.2 Å². The first-order valence-corrected chi connectivity index (χ1v) is 8.27. The third-order valence-corrected chi connectivity index (χ3v) is 4.36. The number of alkyl halides is 3. The van der Waals surface area contributed by atoms with E-state index in [2.05, 4.69) is 10.6 Å². The van der Waals surface area contributed by atoms with Crippen molar-refractivity contribution in [3.05, 3.63) is 33.9 Å². The number of rotatable bonds is 6. The normalized spacial score (nSPS) is 17.8. The van der Waals surface area contributed by atoms with Gasteiger partial charge in [-0.2, -0.15) is 13.2 Å². The SMILES string of the molecule is CNC1CCCN(C(=O)CCNc2ccc(C(F)(F)F)cc2[N+](=O)[O-])C1. The Hall–Kier alpha value is -2.36. The Morgan fingerprint density at radius 3 is 2.77 bits per heavy atom. The number of hydrogen-bond donors (Lipinski definition) is 2. The number of likely N-dealkylation sites (tertiary alicyclic amines) is 1. The van der Waals surface area contributed by atoms with Crippen molar-refractivity contribution in [3.63, 3.8) is 0 Å². The molecule has 0 bridgehead atoms. The number of nitro groups is 1. The van der Waals surface area contributed by atoms with Crippen LogP contribution in [0.4, 0.5) is 24.5 Å². The van der Waals surface area contributed by atoms with Crippen molar-refractivity contribution in [2.24, 2.45) is 0 Å². The van der Waals surface area contributed by atoms with Crippen molar-refractivity contribution >= 4 is 17.3 Å². The largest absolute Gasteiger partial charge is 0.416 e. The maximum Gasteiger partial charge on any atom is 0.416 e. The summed E-state index contributed by atoms with van der Waals surface area (Å²) < 4.78 is 38.1. The Labute approximate surface area is 148 Å². The number of halogens is 3. The Bertz CT molecular complexity index is 667. The quantitative estimate of drug-likeness (QED) is 0.590. The highest BCUT2D eigenvalue weighted by molar-refractivity contribution is 5.77. The summed E-state index contributed by atoms with van der Waals surface area (Å²) in [7, 11) is 1.84. The number of piperidine rings is 1. The number of amides is 1. The molecule has 7 nitrogen and oxygen atoms in total. The first-order valence-electron chi connectivity index (χ1n) is 8.27. The van der Waals surface area contributed by atoms with Gasteiger partial charge in [0, 0.05) is 38.2 Å². The molecule has 144 valence electrons. The van der Waals surface area contributed by atoms with Gasteiger partial charge in [-0.3, -0.25) is 14.9 Å². The summed E-state index contributed by atoms with van der Waals surface area (Å²) in [5, 5.41) is 16.9. The summed E-state index contributed by atoms with van der Waals surface area (Å²) in [4.78, 5) is 24.1. The van der Waals surface area contributed by atoms with Crippen LogP contribution in [0.2, 0.25) is 0 Å². The fourth-order valence-electron chi connectivity index (χ4n) is 2.91. The van der Waals surface area contributed by atoms with Crippen LogP contribution in [0, 0.1) is 10.1 Å². The lowest BCUT2D eigenvalue weighted by Gasteiger charge is -2.32. The van der Waals surface area contributed by atoms with E-state index in [-0.39, 0.29) is 30.6 Å². The predicted octanol–water partition coefficient (Wildman–Crippen LogP) is 2.63. The van der Waals surface area contributed by atoms with Crippen LogP contribution in [0.3, 0.4) is 0 Å². The van der Waals surface area contributed by atoms with Gasteiger partial charge < -0.3 is 15.5 Å². The third-order valence-electron chi connectivity index (χ3n) is 4.36. The van der Waals surface area contributed by atoms with Gasteiger partial charge in [0.15, 0.2) is 0 Å². The van der Waals surface area contributed by atoms with E-state index in [1.807, 2.05) is 7.05 Å². The number of nitrogens with one attached hydrogen (secondary N) is 2. The molecule has 1 unspecified atom stereocenters. The molecule has 0 spiro atoms. The van der Waals surface area contributed by atoms with Crippen LogP contribution >= 0.6 is 0 Å². The lowest BCUT2D eigenvalue weighted by atomic mass is 10.1. The number of likely N-dealkylation sites (N-methyl/N-ethyl adjacent to an activating group) is 1. The number of anilines is 1. The molecule has 1 fully saturated rings. The highest BCUT2D eigenvalue weighted by atomic mass is 19.4. The maximum atomic E-state index is 12.7. The van der Waals surface area contributed by atoms with E-state index >= 15 is 0 Å². The van der Waals surface area contributed by atoms with E-state index in [0.717, 1.165) is 25.0 Å². The lowest BCUT2D eigenvalue weighted by Crippen LogP contribution is -2.47. The maximum absolute atomic E-state index is 12.7. The van der Waals surface area contributed by atoms with Gasteiger partial charge in [0.05, 0.1) is 10.5 Å². The second-order valence-electron chi connectivity index (χ2n) is 6.13. The molecule has 0 aromatic heterocycles. The number of nitrogens with zero attached hydrogens (tertiary/aromatic N) is 2. The van der Waals surface area contributed by atoms with Crippen LogP contribution < -0.4 is 10.6 Å². The molecule has 1 saturated heterocycles. The molecule has 2 rings (SSSR count). The molecular formula is C16H21F3N4O3. The van der Waals surface area contributed by atoms with E-state index in [1.165, 1.54) is 0 Å². The van der Waals surface area contributed by atoms with Crippen molar-refractivity contribution in [1.29, 1.82) is 0 Å². The number of benzene rings is 1. The standard InChI is InChI=1S/C16H21F3N4O3/c1-20-12-3-2-8-22(10-12)15(24)6-7-21-13-5-4-11(16(17,18)19)9-14(13)23(25)26/h4-5,9,12,20-21H,2-3,6-8,10H2,1H3. The van der Waals surface area contributed by atoms with Crippen molar-refractivity contribution < 1.29 is 22.9 Å². The molecule has 1 aromatic rings. The molecule has 1 heterocycles. The van der Waals surface area contributed by atoms with E-state index in [9.17, 15) is 28.1 Å². The Balaban J connectivity index is 1.96. The second-order valence-corrected chi connectivity index (χ2v) is 6.13. The van der Waals surface area contributed by atoms with Gasteiger partial charge in [-0.25, -0.2) is 0 Å². The minimum Gasteiger partial charge on any atom is -0.379 e. The number of carbonyl (C=O) groups is 1. The van der Waals surface area contributed by atoms with Gasteiger partial charge >= 0.3 is 6.18 Å². The molecule has 1 amide bonds. The zero-order valence-electron chi connectivity index (χ0n) is 14.3. The topological polar surface area (TPSA) is 87.5 Å². The molecular weight excluding hydrogens is 353 g/mol. The fraction of sp³-hybridized carbons (Fsp3) is 0.562. The van der Waals surface area contributed by atoms with E-state index in [4.69, 9.17) is 0 Å². The van der Waals surface area contributed by atoms with E-state index < -0.39 is 22.4 Å². The zero-order chi connectivity index (χ0) is 19.3. The Kier molecular flexibility index (Phi) is 6.41. The first-order chi connectivity index (χ1) is 12.2. The molecule has 1 atom stereocenters. The zero-order valence-corrected chi connectivity index (χ0v) is 14.3. The first kappa shape index (κ1) is 20.0. The van der Waals surface area contributed by atoms with Crippen LogP contribution in [0.5, 0.6) is 0 Å². The summed E-state index contributed by atoms with van der Waals surface area (Å²) in [6.07, 6.45) is -2.66. The van der Waals surface area contributed by atoms with Crippen molar-refractivity contribution in [1.82, 2.24) is 10.2 Å². The predicted molar refractivity (Wildman–Crippen MR) is 89.9 cm³/mol. The molecule has 0 saturated carbocycles.